The second-order valence-electron chi connectivity index (χ2n) is 7.74. The van der Waals surface area contributed by atoms with E-state index in [9.17, 15) is 0 Å². The number of aryl methyl sites for hydroxylation is 2. The topological polar surface area (TPSA) is 30.2 Å². The molecular formula is C25H16NO2S+. The Bertz CT molecular complexity index is 1650. The van der Waals surface area contributed by atoms with Crippen LogP contribution in [0.2, 0.25) is 0 Å². The molecule has 0 fully saturated rings. The highest BCUT2D eigenvalue weighted by Gasteiger charge is 2.32. The summed E-state index contributed by atoms with van der Waals surface area (Å²) in [7, 11) is 2.13. The van der Waals surface area contributed by atoms with E-state index in [1.807, 2.05) is 17.8 Å². The van der Waals surface area contributed by atoms with Gasteiger partial charge in [-0.15, -0.1) is 0 Å². The first-order valence-electron chi connectivity index (χ1n) is 9.66. The molecule has 0 aliphatic carbocycles. The number of fused-ring (bicyclic) bond motifs is 7. The Hall–Kier alpha value is -3.24. The van der Waals surface area contributed by atoms with E-state index in [0.29, 0.717) is 5.78 Å². The average Bonchev–Trinajstić information content (AvgIpc) is 3.32. The molecular weight excluding hydrogens is 378 g/mol. The van der Waals surface area contributed by atoms with Gasteiger partial charge in [-0.2, -0.15) is 0 Å². The summed E-state index contributed by atoms with van der Waals surface area (Å²) in [5.74, 6) is 0.596. The predicted octanol–water partition coefficient (Wildman–Crippen LogP) is 6.75. The molecule has 4 heterocycles. The molecule has 3 nitrogen and oxygen atoms in total. The quantitative estimate of drug-likeness (QED) is 0.267. The molecule has 0 saturated heterocycles. The van der Waals surface area contributed by atoms with E-state index in [4.69, 9.17) is 8.83 Å². The van der Waals surface area contributed by atoms with E-state index in [0.717, 1.165) is 16.4 Å². The van der Waals surface area contributed by atoms with Gasteiger partial charge in [-0.05, 0) is 46.8 Å². The number of aromatic nitrogens is 1. The lowest BCUT2D eigenvalue weighted by Crippen LogP contribution is -2.31. The Morgan fingerprint density at radius 1 is 0.931 bits per heavy atom. The van der Waals surface area contributed by atoms with Crippen LogP contribution in [0.15, 0.2) is 79.6 Å². The molecule has 0 saturated carbocycles. The average molecular weight is 394 g/mol. The van der Waals surface area contributed by atoms with Crippen LogP contribution >= 0.6 is 11.8 Å². The zero-order valence-corrected chi connectivity index (χ0v) is 16.8. The van der Waals surface area contributed by atoms with Crippen molar-refractivity contribution < 1.29 is 13.4 Å². The van der Waals surface area contributed by atoms with Crippen molar-refractivity contribution in [2.75, 3.05) is 0 Å². The van der Waals surface area contributed by atoms with Crippen LogP contribution in [0.25, 0.3) is 54.9 Å². The highest BCUT2D eigenvalue weighted by molar-refractivity contribution is 8.00. The Kier molecular flexibility index (Phi) is 2.82. The van der Waals surface area contributed by atoms with Crippen molar-refractivity contribution >= 4 is 55.4 Å². The first-order chi connectivity index (χ1) is 14.2. The SMILES string of the molecule is Cc1c2c(cc3ccccc13)Sc1c3oc4occc4c3cc3cc[n+](C)c-2c13. The van der Waals surface area contributed by atoms with E-state index in [1.54, 1.807) is 6.26 Å². The van der Waals surface area contributed by atoms with Crippen LogP contribution in [-0.2, 0) is 7.05 Å². The van der Waals surface area contributed by atoms with Crippen molar-refractivity contribution in [1.29, 1.82) is 0 Å². The molecule has 0 unspecified atom stereocenters. The van der Waals surface area contributed by atoms with Gasteiger partial charge in [-0.1, -0.05) is 36.0 Å². The van der Waals surface area contributed by atoms with Crippen molar-refractivity contribution in [1.82, 2.24) is 0 Å². The third kappa shape index (κ3) is 1.87. The molecule has 0 radical (unpaired) electrons. The van der Waals surface area contributed by atoms with E-state index in [-0.39, 0.29) is 0 Å². The van der Waals surface area contributed by atoms with Gasteiger partial charge >= 0.3 is 0 Å². The van der Waals surface area contributed by atoms with E-state index in [2.05, 4.69) is 67.2 Å². The zero-order valence-electron chi connectivity index (χ0n) is 15.9. The van der Waals surface area contributed by atoms with Crippen LogP contribution in [0.1, 0.15) is 5.56 Å². The molecule has 0 spiro atoms. The molecule has 29 heavy (non-hydrogen) atoms. The van der Waals surface area contributed by atoms with Crippen molar-refractivity contribution in [2.45, 2.75) is 16.7 Å². The second-order valence-corrected chi connectivity index (χ2v) is 8.80. The van der Waals surface area contributed by atoms with Crippen LogP contribution in [0.4, 0.5) is 0 Å². The summed E-state index contributed by atoms with van der Waals surface area (Å²) in [6.07, 6.45) is 3.85. The van der Waals surface area contributed by atoms with Gasteiger partial charge in [0.25, 0.3) is 5.78 Å². The van der Waals surface area contributed by atoms with Crippen molar-refractivity contribution in [3.63, 3.8) is 0 Å². The molecule has 1 aliphatic heterocycles. The highest BCUT2D eigenvalue weighted by Crippen LogP contribution is 2.52. The summed E-state index contributed by atoms with van der Waals surface area (Å²) >= 11 is 1.81. The lowest BCUT2D eigenvalue weighted by Gasteiger charge is -2.21. The lowest BCUT2D eigenvalue weighted by molar-refractivity contribution is -0.659. The number of rotatable bonds is 0. The van der Waals surface area contributed by atoms with Crippen LogP contribution in [0, 0.1) is 6.92 Å². The number of hydrogen-bond acceptors (Lipinski definition) is 3. The van der Waals surface area contributed by atoms with Crippen LogP contribution < -0.4 is 4.57 Å². The molecule has 0 N–H and O–H groups in total. The third-order valence-electron chi connectivity index (χ3n) is 6.17. The maximum atomic E-state index is 6.19. The Morgan fingerprint density at radius 2 is 1.83 bits per heavy atom. The standard InChI is InChI=1S/C25H16NO2S/c1-13-16-6-4-3-5-14(16)12-19-20(13)22-21-15(7-9-26(22)2)11-18-17-8-10-27-25(17)28-23(18)24(21)29-19/h3-12H,1-2H3/q+1. The third-order valence-corrected chi connectivity index (χ3v) is 7.31. The molecule has 3 aromatic heterocycles. The van der Waals surface area contributed by atoms with Gasteiger partial charge in [0, 0.05) is 16.3 Å². The smallest absolute Gasteiger partial charge is 0.298 e. The Labute approximate surface area is 170 Å². The minimum atomic E-state index is 0.596. The molecule has 6 aromatic rings. The lowest BCUT2D eigenvalue weighted by atomic mass is 9.94. The van der Waals surface area contributed by atoms with Crippen molar-refractivity contribution in [2.24, 2.45) is 7.05 Å². The van der Waals surface area contributed by atoms with Crippen molar-refractivity contribution in [3.8, 4) is 11.3 Å². The molecule has 0 amide bonds. The normalized spacial score (nSPS) is 13.0. The van der Waals surface area contributed by atoms with Gasteiger partial charge in [0.1, 0.15) is 7.05 Å². The van der Waals surface area contributed by atoms with Crippen LogP contribution in [0.5, 0.6) is 0 Å². The van der Waals surface area contributed by atoms with E-state index < -0.39 is 0 Å². The largest absolute Gasteiger partial charge is 0.433 e. The van der Waals surface area contributed by atoms with Gasteiger partial charge in [-0.25, -0.2) is 4.57 Å². The fraction of sp³-hybridized carbons (Fsp3) is 0.0800. The minimum Gasteiger partial charge on any atom is -0.433 e. The zero-order chi connectivity index (χ0) is 19.3. The van der Waals surface area contributed by atoms with Gasteiger partial charge in [0.15, 0.2) is 11.8 Å². The molecule has 0 atom stereocenters. The molecule has 4 heteroatoms. The predicted molar refractivity (Wildman–Crippen MR) is 116 cm³/mol. The summed E-state index contributed by atoms with van der Waals surface area (Å²) < 4.78 is 14.0. The number of nitrogens with zero attached hydrogens (tertiary/aromatic N) is 1. The van der Waals surface area contributed by atoms with E-state index >= 15 is 0 Å². The molecule has 138 valence electrons. The summed E-state index contributed by atoms with van der Waals surface area (Å²) in [4.78, 5) is 2.45. The van der Waals surface area contributed by atoms with E-state index in [1.165, 1.54) is 48.2 Å². The first-order valence-corrected chi connectivity index (χ1v) is 10.5. The summed E-state index contributed by atoms with van der Waals surface area (Å²) in [5, 5.41) is 7.22. The van der Waals surface area contributed by atoms with Crippen LogP contribution in [-0.4, -0.2) is 0 Å². The number of furan rings is 2. The van der Waals surface area contributed by atoms with Gasteiger partial charge in [-0.3, -0.25) is 0 Å². The fourth-order valence-corrected chi connectivity index (χ4v) is 6.15. The second kappa shape index (κ2) is 5.22. The first kappa shape index (κ1) is 15.7. The summed E-state index contributed by atoms with van der Waals surface area (Å²) in [6.45, 7) is 2.24. The molecule has 1 aliphatic rings. The summed E-state index contributed by atoms with van der Waals surface area (Å²) in [5.41, 5.74) is 4.82. The fourth-order valence-electron chi connectivity index (χ4n) is 4.83. The molecule has 7 rings (SSSR count). The van der Waals surface area contributed by atoms with Gasteiger partial charge in [0.05, 0.1) is 27.5 Å². The van der Waals surface area contributed by atoms with Crippen LogP contribution in [0.3, 0.4) is 0 Å². The maximum Gasteiger partial charge on any atom is 0.298 e. The maximum absolute atomic E-state index is 6.19. The van der Waals surface area contributed by atoms with Crippen molar-refractivity contribution in [3.05, 3.63) is 66.6 Å². The van der Waals surface area contributed by atoms with Gasteiger partial charge < -0.3 is 8.83 Å². The number of pyridine rings is 1. The number of hydrogen-bond donors (Lipinski definition) is 0. The monoisotopic (exact) mass is 394 g/mol. The number of benzene rings is 3. The van der Waals surface area contributed by atoms with Gasteiger partial charge in [0.2, 0.25) is 5.69 Å². The molecule has 3 aromatic carbocycles. The Morgan fingerprint density at radius 3 is 2.76 bits per heavy atom. The highest BCUT2D eigenvalue weighted by atomic mass is 32.2. The minimum absolute atomic E-state index is 0.596. The molecule has 0 bridgehead atoms. The summed E-state index contributed by atoms with van der Waals surface area (Å²) in [6, 6.07) is 17.4. The Balaban J connectivity index is 1.73.